The molecule has 2 fully saturated rings. The van der Waals surface area contributed by atoms with Gasteiger partial charge in [-0.1, -0.05) is 18.2 Å². The average Bonchev–Trinajstić information content (AvgIpc) is 3.11. The number of carbonyl (C=O) groups is 2. The monoisotopic (exact) mass is 347 g/mol. The van der Waals surface area contributed by atoms with Crippen molar-refractivity contribution in [3.05, 3.63) is 30.3 Å². The molecule has 0 N–H and O–H groups in total. The van der Waals surface area contributed by atoms with Crippen LogP contribution < -0.4 is 4.90 Å². The summed E-state index contributed by atoms with van der Waals surface area (Å²) in [5, 5.41) is 0. The van der Waals surface area contributed by atoms with E-state index in [0.717, 1.165) is 31.7 Å². The first-order valence-electron chi connectivity index (χ1n) is 8.49. The van der Waals surface area contributed by atoms with Crippen LogP contribution in [-0.4, -0.2) is 65.5 Å². The molecule has 0 saturated carbocycles. The quantitative estimate of drug-likeness (QED) is 0.839. The molecule has 3 rings (SSSR count). The van der Waals surface area contributed by atoms with E-state index in [1.54, 1.807) is 23.6 Å². The number of rotatable bonds is 3. The van der Waals surface area contributed by atoms with Gasteiger partial charge in [-0.05, 0) is 25.0 Å². The second kappa shape index (κ2) is 7.47. The Labute approximate surface area is 148 Å². The second-order valence-corrected chi connectivity index (χ2v) is 7.51. The number of para-hydroxylation sites is 1. The maximum Gasteiger partial charge on any atom is 0.246 e. The van der Waals surface area contributed by atoms with Crippen molar-refractivity contribution in [1.82, 2.24) is 9.80 Å². The molecule has 2 heterocycles. The summed E-state index contributed by atoms with van der Waals surface area (Å²) < 4.78 is 0. The molecule has 0 aliphatic carbocycles. The summed E-state index contributed by atoms with van der Waals surface area (Å²) in [5.41, 5.74) is 1.22. The van der Waals surface area contributed by atoms with Crippen molar-refractivity contribution in [2.24, 2.45) is 0 Å². The molecule has 0 bridgehead atoms. The molecule has 1 aromatic carbocycles. The first-order valence-corrected chi connectivity index (χ1v) is 9.65. The lowest BCUT2D eigenvalue weighted by atomic mass is 10.0. The Balaban J connectivity index is 1.57. The molecule has 1 atom stereocenters. The molecule has 5 nitrogen and oxygen atoms in total. The van der Waals surface area contributed by atoms with E-state index in [0.29, 0.717) is 11.9 Å². The molecule has 130 valence electrons. The molecule has 6 heteroatoms. The van der Waals surface area contributed by atoms with Gasteiger partial charge in [0.15, 0.2) is 0 Å². The SMILES string of the molecule is CC(=O)N1CSCC1C(=O)N1CCC(N(C)c2ccccc2)CC1. The Morgan fingerprint density at radius 2 is 1.83 bits per heavy atom. The number of piperidine rings is 1. The van der Waals surface area contributed by atoms with Gasteiger partial charge in [-0.2, -0.15) is 0 Å². The molecule has 1 aromatic rings. The number of carbonyl (C=O) groups excluding carboxylic acids is 2. The molecule has 0 spiro atoms. The van der Waals surface area contributed by atoms with Crippen molar-refractivity contribution in [3.8, 4) is 0 Å². The van der Waals surface area contributed by atoms with Crippen molar-refractivity contribution in [3.63, 3.8) is 0 Å². The maximum absolute atomic E-state index is 12.8. The Kier molecular flexibility index (Phi) is 5.33. The van der Waals surface area contributed by atoms with Crippen molar-refractivity contribution >= 4 is 29.3 Å². The lowest BCUT2D eigenvalue weighted by Crippen LogP contribution is -2.52. The maximum atomic E-state index is 12.8. The molecule has 24 heavy (non-hydrogen) atoms. The fourth-order valence-corrected chi connectivity index (χ4v) is 4.73. The van der Waals surface area contributed by atoms with Gasteiger partial charge in [0, 0.05) is 44.5 Å². The third-order valence-electron chi connectivity index (χ3n) is 5.06. The van der Waals surface area contributed by atoms with E-state index in [9.17, 15) is 9.59 Å². The highest BCUT2D eigenvalue weighted by Gasteiger charge is 2.37. The van der Waals surface area contributed by atoms with Crippen LogP contribution >= 0.6 is 11.8 Å². The summed E-state index contributed by atoms with van der Waals surface area (Å²) >= 11 is 1.66. The van der Waals surface area contributed by atoms with Crippen LogP contribution in [0.25, 0.3) is 0 Å². The van der Waals surface area contributed by atoms with Crippen LogP contribution in [-0.2, 0) is 9.59 Å². The molecule has 2 aliphatic rings. The van der Waals surface area contributed by atoms with E-state index < -0.39 is 0 Å². The number of hydrogen-bond donors (Lipinski definition) is 0. The topological polar surface area (TPSA) is 43.9 Å². The van der Waals surface area contributed by atoms with Crippen LogP contribution in [0.5, 0.6) is 0 Å². The van der Waals surface area contributed by atoms with Crippen LogP contribution in [0, 0.1) is 0 Å². The molecular formula is C18H25N3O2S. The standard InChI is InChI=1S/C18H25N3O2S/c1-14(22)21-13-24-12-17(21)18(23)20-10-8-16(9-11-20)19(2)15-6-4-3-5-7-15/h3-7,16-17H,8-13H2,1-2H3. The highest BCUT2D eigenvalue weighted by Crippen LogP contribution is 2.26. The van der Waals surface area contributed by atoms with Gasteiger partial charge in [0.25, 0.3) is 0 Å². The van der Waals surface area contributed by atoms with Crippen LogP contribution in [0.15, 0.2) is 30.3 Å². The summed E-state index contributed by atoms with van der Waals surface area (Å²) in [6, 6.07) is 10.6. The van der Waals surface area contributed by atoms with Gasteiger partial charge in [0.1, 0.15) is 6.04 Å². The number of nitrogens with zero attached hydrogens (tertiary/aromatic N) is 3. The predicted octanol–water partition coefficient (Wildman–Crippen LogP) is 2.04. The minimum Gasteiger partial charge on any atom is -0.371 e. The van der Waals surface area contributed by atoms with Gasteiger partial charge in [0.05, 0.1) is 5.88 Å². The number of thioether (sulfide) groups is 1. The summed E-state index contributed by atoms with van der Waals surface area (Å²) in [5.74, 6) is 1.48. The van der Waals surface area contributed by atoms with Crippen molar-refractivity contribution in [1.29, 1.82) is 0 Å². The number of anilines is 1. The van der Waals surface area contributed by atoms with E-state index in [2.05, 4.69) is 36.2 Å². The highest BCUT2D eigenvalue weighted by atomic mass is 32.2. The third-order valence-corrected chi connectivity index (χ3v) is 6.07. The molecule has 0 radical (unpaired) electrons. The van der Waals surface area contributed by atoms with E-state index in [4.69, 9.17) is 0 Å². The number of hydrogen-bond acceptors (Lipinski definition) is 4. The largest absolute Gasteiger partial charge is 0.371 e. The Bertz CT molecular complexity index is 587. The average molecular weight is 347 g/mol. The predicted molar refractivity (Wildman–Crippen MR) is 98.1 cm³/mol. The minimum absolute atomic E-state index is 0.00273. The Morgan fingerprint density at radius 3 is 2.46 bits per heavy atom. The van der Waals surface area contributed by atoms with E-state index in [1.807, 2.05) is 11.0 Å². The fraction of sp³-hybridized carbons (Fsp3) is 0.556. The van der Waals surface area contributed by atoms with Crippen molar-refractivity contribution in [2.45, 2.75) is 31.8 Å². The molecule has 2 amide bonds. The third kappa shape index (κ3) is 3.53. The smallest absolute Gasteiger partial charge is 0.246 e. The minimum atomic E-state index is -0.268. The normalized spacial score (nSPS) is 21.8. The van der Waals surface area contributed by atoms with Crippen LogP contribution in [0.2, 0.25) is 0 Å². The van der Waals surface area contributed by atoms with Crippen LogP contribution in [0.3, 0.4) is 0 Å². The van der Waals surface area contributed by atoms with E-state index in [1.165, 1.54) is 5.69 Å². The van der Waals surface area contributed by atoms with Gasteiger partial charge >= 0.3 is 0 Å². The summed E-state index contributed by atoms with van der Waals surface area (Å²) in [4.78, 5) is 30.4. The molecule has 2 aliphatic heterocycles. The summed E-state index contributed by atoms with van der Waals surface area (Å²) in [6.45, 7) is 3.09. The molecule has 2 saturated heterocycles. The van der Waals surface area contributed by atoms with Gasteiger partial charge in [0.2, 0.25) is 11.8 Å². The summed E-state index contributed by atoms with van der Waals surface area (Å²) in [7, 11) is 2.13. The highest BCUT2D eigenvalue weighted by molar-refractivity contribution is 7.99. The Morgan fingerprint density at radius 1 is 1.17 bits per heavy atom. The second-order valence-electron chi connectivity index (χ2n) is 6.51. The fourth-order valence-electron chi connectivity index (χ4n) is 3.52. The number of likely N-dealkylation sites (tertiary alicyclic amines) is 1. The molecular weight excluding hydrogens is 322 g/mol. The molecule has 0 aromatic heterocycles. The zero-order valence-corrected chi connectivity index (χ0v) is 15.2. The summed E-state index contributed by atoms with van der Waals surface area (Å²) in [6.07, 6.45) is 1.94. The van der Waals surface area contributed by atoms with Crippen LogP contribution in [0.1, 0.15) is 19.8 Å². The van der Waals surface area contributed by atoms with Crippen molar-refractivity contribution < 1.29 is 9.59 Å². The van der Waals surface area contributed by atoms with E-state index >= 15 is 0 Å². The first kappa shape index (κ1) is 17.1. The zero-order valence-electron chi connectivity index (χ0n) is 14.4. The van der Waals surface area contributed by atoms with Gasteiger partial charge in [-0.3, -0.25) is 9.59 Å². The lowest BCUT2D eigenvalue weighted by Gasteiger charge is -2.39. The lowest BCUT2D eigenvalue weighted by molar-refractivity contribution is -0.143. The number of benzene rings is 1. The van der Waals surface area contributed by atoms with Crippen molar-refractivity contribution in [2.75, 3.05) is 36.7 Å². The first-order chi connectivity index (χ1) is 11.6. The Hall–Kier alpha value is -1.69. The van der Waals surface area contributed by atoms with Crippen LogP contribution in [0.4, 0.5) is 5.69 Å². The van der Waals surface area contributed by atoms with Gasteiger partial charge in [-0.15, -0.1) is 11.8 Å². The molecule has 1 unspecified atom stereocenters. The van der Waals surface area contributed by atoms with Gasteiger partial charge in [-0.25, -0.2) is 0 Å². The number of amides is 2. The zero-order chi connectivity index (χ0) is 17.1. The van der Waals surface area contributed by atoms with Gasteiger partial charge < -0.3 is 14.7 Å². The van der Waals surface area contributed by atoms with E-state index in [-0.39, 0.29) is 17.9 Å².